The molecular weight excluding hydrogens is 271 g/mol. The molecule has 3 heteroatoms. The van der Waals surface area contributed by atoms with Crippen LogP contribution < -0.4 is 0 Å². The van der Waals surface area contributed by atoms with Crippen molar-refractivity contribution >= 4 is 45.7 Å². The molecule has 0 bridgehead atoms. The number of halogens is 2. The van der Waals surface area contributed by atoms with Gasteiger partial charge in [0.1, 0.15) is 4.33 Å². The van der Waals surface area contributed by atoms with E-state index in [-0.39, 0.29) is 0 Å². The van der Waals surface area contributed by atoms with Crippen molar-refractivity contribution in [3.63, 3.8) is 0 Å². The topological polar surface area (TPSA) is 0 Å². The van der Waals surface area contributed by atoms with Crippen molar-refractivity contribution < 1.29 is 0 Å². The van der Waals surface area contributed by atoms with E-state index in [1.54, 1.807) is 0 Å². The average molecular weight is 283 g/mol. The van der Waals surface area contributed by atoms with Gasteiger partial charge in [-0.1, -0.05) is 30.3 Å². The maximum absolute atomic E-state index is 6.02. The van der Waals surface area contributed by atoms with Crippen LogP contribution in [0.15, 0.2) is 47.4 Å². The molecular formula is C14H12Cl2S. The lowest BCUT2D eigenvalue weighted by Crippen LogP contribution is -1.92. The molecule has 2 aromatic rings. The lowest BCUT2D eigenvalue weighted by atomic mass is 10.1. The minimum atomic E-state index is -0.455. The minimum Gasteiger partial charge on any atom is -0.126 e. The van der Waals surface area contributed by atoms with Crippen molar-refractivity contribution in [1.82, 2.24) is 0 Å². The highest BCUT2D eigenvalue weighted by atomic mass is 35.5. The first kappa shape index (κ1) is 11.7. The molecule has 1 aliphatic carbocycles. The zero-order chi connectivity index (χ0) is 11.9. The SMILES string of the molecule is ClC1(Cl)CC1CSc1ccc2ccccc2c1. The first-order valence-corrected chi connectivity index (χ1v) is 7.39. The Labute approximate surface area is 115 Å². The van der Waals surface area contributed by atoms with Gasteiger partial charge in [-0.25, -0.2) is 0 Å². The van der Waals surface area contributed by atoms with Crippen LogP contribution in [-0.2, 0) is 0 Å². The fraction of sp³-hybridized carbons (Fsp3) is 0.286. The van der Waals surface area contributed by atoms with Crippen LogP contribution in [0.5, 0.6) is 0 Å². The first-order chi connectivity index (χ1) is 8.15. The second-order valence-electron chi connectivity index (χ2n) is 4.48. The van der Waals surface area contributed by atoms with Crippen molar-refractivity contribution in [3.8, 4) is 0 Å². The van der Waals surface area contributed by atoms with Gasteiger partial charge in [0, 0.05) is 16.6 Å². The fourth-order valence-corrected chi connectivity index (χ4v) is 3.78. The molecule has 0 nitrogen and oxygen atoms in total. The Morgan fingerprint density at radius 3 is 2.53 bits per heavy atom. The van der Waals surface area contributed by atoms with Gasteiger partial charge in [-0.15, -0.1) is 35.0 Å². The lowest BCUT2D eigenvalue weighted by Gasteiger charge is -2.03. The molecule has 0 N–H and O–H groups in total. The molecule has 0 amide bonds. The molecule has 0 aromatic heterocycles. The first-order valence-electron chi connectivity index (χ1n) is 5.64. The Morgan fingerprint density at radius 2 is 1.82 bits per heavy atom. The number of alkyl halides is 2. The molecule has 1 aliphatic rings. The summed E-state index contributed by atoms with van der Waals surface area (Å²) >= 11 is 13.9. The predicted molar refractivity (Wildman–Crippen MR) is 77.2 cm³/mol. The molecule has 0 saturated heterocycles. The highest BCUT2D eigenvalue weighted by Crippen LogP contribution is 2.54. The summed E-state index contributed by atoms with van der Waals surface area (Å²) in [5.74, 6) is 1.45. The highest BCUT2D eigenvalue weighted by Gasteiger charge is 2.51. The number of rotatable bonds is 3. The second-order valence-corrected chi connectivity index (χ2v) is 7.12. The molecule has 0 spiro atoms. The number of hydrogen-bond acceptors (Lipinski definition) is 1. The van der Waals surface area contributed by atoms with Crippen LogP contribution >= 0.6 is 35.0 Å². The maximum atomic E-state index is 6.02. The minimum absolute atomic E-state index is 0.447. The monoisotopic (exact) mass is 282 g/mol. The van der Waals surface area contributed by atoms with Crippen LogP contribution in [0.1, 0.15) is 6.42 Å². The second kappa shape index (κ2) is 4.38. The number of hydrogen-bond donors (Lipinski definition) is 0. The molecule has 0 aliphatic heterocycles. The summed E-state index contributed by atoms with van der Waals surface area (Å²) in [7, 11) is 0. The van der Waals surface area contributed by atoms with Crippen molar-refractivity contribution in [1.29, 1.82) is 0 Å². The van der Waals surface area contributed by atoms with Crippen LogP contribution in [0.25, 0.3) is 10.8 Å². The molecule has 1 fully saturated rings. The van der Waals surface area contributed by atoms with Gasteiger partial charge in [0.2, 0.25) is 0 Å². The molecule has 2 aromatic carbocycles. The Kier molecular flexibility index (Phi) is 3.02. The third kappa shape index (κ3) is 2.57. The Bertz CT molecular complexity index is 551. The molecule has 3 rings (SSSR count). The average Bonchev–Trinajstić information content (AvgIpc) is 2.94. The van der Waals surface area contributed by atoms with Gasteiger partial charge in [-0.05, 0) is 29.3 Å². The summed E-state index contributed by atoms with van der Waals surface area (Å²) in [6.45, 7) is 0. The van der Waals surface area contributed by atoms with E-state index < -0.39 is 4.33 Å². The lowest BCUT2D eigenvalue weighted by molar-refractivity contribution is 0.979. The zero-order valence-corrected chi connectivity index (χ0v) is 11.5. The standard InChI is InChI=1S/C14H12Cl2S/c15-14(16)8-12(14)9-17-13-6-5-10-3-1-2-4-11(10)7-13/h1-7,12H,8-9H2. The molecule has 0 radical (unpaired) electrons. The van der Waals surface area contributed by atoms with E-state index in [4.69, 9.17) is 23.2 Å². The third-order valence-corrected chi connectivity index (χ3v) is 5.21. The summed E-state index contributed by atoms with van der Waals surface area (Å²) in [5, 5.41) is 2.57. The van der Waals surface area contributed by atoms with Crippen molar-refractivity contribution in [2.75, 3.05) is 5.75 Å². The predicted octanol–water partition coefficient (Wildman–Crippen LogP) is 5.13. The van der Waals surface area contributed by atoms with E-state index in [2.05, 4.69) is 42.5 Å². The van der Waals surface area contributed by atoms with Gasteiger partial charge < -0.3 is 0 Å². The Morgan fingerprint density at radius 1 is 1.12 bits per heavy atom. The quantitative estimate of drug-likeness (QED) is 0.556. The van der Waals surface area contributed by atoms with Crippen molar-refractivity contribution in [2.24, 2.45) is 5.92 Å². The van der Waals surface area contributed by atoms with Crippen LogP contribution in [-0.4, -0.2) is 10.1 Å². The van der Waals surface area contributed by atoms with Crippen LogP contribution in [0, 0.1) is 5.92 Å². The van der Waals surface area contributed by atoms with E-state index in [1.807, 2.05) is 11.8 Å². The molecule has 17 heavy (non-hydrogen) atoms. The van der Waals surface area contributed by atoms with E-state index in [0.717, 1.165) is 12.2 Å². The van der Waals surface area contributed by atoms with Crippen LogP contribution in [0.3, 0.4) is 0 Å². The van der Waals surface area contributed by atoms with E-state index in [9.17, 15) is 0 Å². The fourth-order valence-electron chi connectivity index (χ4n) is 1.90. The zero-order valence-electron chi connectivity index (χ0n) is 9.20. The van der Waals surface area contributed by atoms with Gasteiger partial charge in [-0.3, -0.25) is 0 Å². The molecule has 1 saturated carbocycles. The highest BCUT2D eigenvalue weighted by molar-refractivity contribution is 7.99. The van der Waals surface area contributed by atoms with Gasteiger partial charge in [0.05, 0.1) is 0 Å². The molecule has 88 valence electrons. The van der Waals surface area contributed by atoms with Crippen molar-refractivity contribution in [3.05, 3.63) is 42.5 Å². The van der Waals surface area contributed by atoms with Crippen molar-refractivity contribution in [2.45, 2.75) is 15.6 Å². The van der Waals surface area contributed by atoms with E-state index >= 15 is 0 Å². The normalized spacial score (nSPS) is 21.6. The Hall–Kier alpha value is -0.370. The molecule has 1 unspecified atom stereocenters. The Balaban J connectivity index is 1.73. The largest absolute Gasteiger partial charge is 0.126 e. The van der Waals surface area contributed by atoms with E-state index in [1.165, 1.54) is 15.7 Å². The van der Waals surface area contributed by atoms with Crippen LogP contribution in [0.2, 0.25) is 0 Å². The van der Waals surface area contributed by atoms with E-state index in [0.29, 0.717) is 5.92 Å². The van der Waals surface area contributed by atoms with Crippen LogP contribution in [0.4, 0.5) is 0 Å². The number of thioether (sulfide) groups is 1. The van der Waals surface area contributed by atoms with Gasteiger partial charge in [-0.2, -0.15) is 0 Å². The smallest absolute Gasteiger partial charge is 0.122 e. The summed E-state index contributed by atoms with van der Waals surface area (Å²) < 4.78 is -0.455. The maximum Gasteiger partial charge on any atom is 0.122 e. The molecule has 0 heterocycles. The summed E-state index contributed by atoms with van der Waals surface area (Å²) in [6, 6.07) is 15.0. The van der Waals surface area contributed by atoms with Gasteiger partial charge in [0.25, 0.3) is 0 Å². The summed E-state index contributed by atoms with van der Waals surface area (Å²) in [6.07, 6.45) is 0.927. The van der Waals surface area contributed by atoms with Gasteiger partial charge >= 0.3 is 0 Å². The number of benzene rings is 2. The number of fused-ring (bicyclic) bond motifs is 1. The van der Waals surface area contributed by atoms with Gasteiger partial charge in [0.15, 0.2) is 0 Å². The summed E-state index contributed by atoms with van der Waals surface area (Å²) in [4.78, 5) is 1.29. The third-order valence-electron chi connectivity index (χ3n) is 3.13. The molecule has 1 atom stereocenters. The summed E-state index contributed by atoms with van der Waals surface area (Å²) in [5.41, 5.74) is 0.